The van der Waals surface area contributed by atoms with E-state index in [9.17, 15) is 4.79 Å². The Morgan fingerprint density at radius 1 is 1.21 bits per heavy atom. The van der Waals surface area contributed by atoms with Gasteiger partial charge in [0.15, 0.2) is 0 Å². The molecule has 1 N–H and O–H groups in total. The molecule has 0 aromatic carbocycles. The number of rotatable bonds is 0. The Kier molecular flexibility index (Phi) is 3.20. The van der Waals surface area contributed by atoms with Gasteiger partial charge < -0.3 is 10.2 Å². The number of nitrogens with one attached hydrogen (secondary N) is 1. The van der Waals surface area contributed by atoms with Crippen molar-refractivity contribution in [2.45, 2.75) is 46.7 Å². The zero-order chi connectivity index (χ0) is 10.9. The summed E-state index contributed by atoms with van der Waals surface area (Å²) in [7, 11) is 0. The van der Waals surface area contributed by atoms with E-state index in [0.29, 0.717) is 12.1 Å². The number of carbonyl (C=O) groups is 1. The van der Waals surface area contributed by atoms with Crippen LogP contribution in [-0.2, 0) is 4.79 Å². The fourth-order valence-corrected chi connectivity index (χ4v) is 1.97. The van der Waals surface area contributed by atoms with E-state index in [4.69, 9.17) is 0 Å². The smallest absolute Gasteiger partial charge is 0.228 e. The Hall–Kier alpha value is -0.570. The second kappa shape index (κ2) is 3.89. The van der Waals surface area contributed by atoms with Crippen LogP contribution in [0.5, 0.6) is 0 Å². The van der Waals surface area contributed by atoms with Crippen LogP contribution < -0.4 is 5.32 Å². The van der Waals surface area contributed by atoms with Crippen molar-refractivity contribution in [2.75, 3.05) is 13.1 Å². The first-order chi connectivity index (χ1) is 6.30. The topological polar surface area (TPSA) is 32.3 Å². The summed E-state index contributed by atoms with van der Waals surface area (Å²) in [4.78, 5) is 14.0. The van der Waals surface area contributed by atoms with Crippen LogP contribution in [0.15, 0.2) is 0 Å². The van der Waals surface area contributed by atoms with Gasteiger partial charge in [-0.1, -0.05) is 20.8 Å². The van der Waals surface area contributed by atoms with Gasteiger partial charge in [0.2, 0.25) is 5.91 Å². The lowest BCUT2D eigenvalue weighted by Gasteiger charge is -2.39. The lowest BCUT2D eigenvalue weighted by molar-refractivity contribution is -0.141. The van der Waals surface area contributed by atoms with Crippen molar-refractivity contribution in [2.24, 2.45) is 5.41 Å². The fraction of sp³-hybridized carbons (Fsp3) is 0.909. The average Bonchev–Trinajstić information content (AvgIpc) is 1.99. The van der Waals surface area contributed by atoms with Crippen LogP contribution in [0.2, 0.25) is 0 Å². The van der Waals surface area contributed by atoms with E-state index < -0.39 is 0 Å². The quantitative estimate of drug-likeness (QED) is 0.635. The molecule has 1 fully saturated rings. The molecule has 0 bridgehead atoms. The molecule has 1 saturated heterocycles. The molecular formula is C11H22N2O. The monoisotopic (exact) mass is 198 g/mol. The van der Waals surface area contributed by atoms with Gasteiger partial charge in [0.25, 0.3) is 0 Å². The molecule has 0 unspecified atom stereocenters. The van der Waals surface area contributed by atoms with Crippen LogP contribution in [0, 0.1) is 5.41 Å². The summed E-state index contributed by atoms with van der Waals surface area (Å²) in [6.07, 6.45) is 0. The normalized spacial score (nSPS) is 29.1. The first-order valence-electron chi connectivity index (χ1n) is 5.36. The highest BCUT2D eigenvalue weighted by Gasteiger charge is 2.31. The van der Waals surface area contributed by atoms with E-state index in [0.717, 1.165) is 13.1 Å². The van der Waals surface area contributed by atoms with Crippen molar-refractivity contribution in [3.63, 3.8) is 0 Å². The largest absolute Gasteiger partial charge is 0.339 e. The first-order valence-corrected chi connectivity index (χ1v) is 5.36. The van der Waals surface area contributed by atoms with Crippen molar-refractivity contribution < 1.29 is 4.79 Å². The molecule has 3 nitrogen and oxygen atoms in total. The van der Waals surface area contributed by atoms with Crippen molar-refractivity contribution in [3.8, 4) is 0 Å². The predicted octanol–water partition coefficient (Wildman–Crippen LogP) is 1.24. The highest BCUT2D eigenvalue weighted by atomic mass is 16.2. The summed E-state index contributed by atoms with van der Waals surface area (Å²) in [6.45, 7) is 11.9. The van der Waals surface area contributed by atoms with E-state index in [2.05, 4.69) is 19.2 Å². The minimum absolute atomic E-state index is 0.253. The summed E-state index contributed by atoms with van der Waals surface area (Å²) >= 11 is 0. The highest BCUT2D eigenvalue weighted by molar-refractivity contribution is 5.81. The van der Waals surface area contributed by atoms with Crippen LogP contribution in [0.1, 0.15) is 34.6 Å². The third-order valence-corrected chi connectivity index (χ3v) is 2.49. The van der Waals surface area contributed by atoms with Gasteiger partial charge in [0.05, 0.1) is 0 Å². The van der Waals surface area contributed by atoms with Gasteiger partial charge in [-0.15, -0.1) is 0 Å². The number of carbonyl (C=O) groups excluding carboxylic acids is 1. The summed E-state index contributed by atoms with van der Waals surface area (Å²) in [5.41, 5.74) is -0.253. The van der Waals surface area contributed by atoms with Crippen LogP contribution in [0.3, 0.4) is 0 Å². The molecule has 14 heavy (non-hydrogen) atoms. The maximum absolute atomic E-state index is 12.0. The molecule has 1 heterocycles. The Bertz CT molecular complexity index is 210. The van der Waals surface area contributed by atoms with Gasteiger partial charge in [0, 0.05) is 30.6 Å². The van der Waals surface area contributed by atoms with Crippen molar-refractivity contribution in [1.82, 2.24) is 10.2 Å². The van der Waals surface area contributed by atoms with Crippen molar-refractivity contribution in [1.29, 1.82) is 0 Å². The van der Waals surface area contributed by atoms with E-state index in [1.54, 1.807) is 0 Å². The van der Waals surface area contributed by atoms with Gasteiger partial charge in [-0.2, -0.15) is 0 Å². The molecule has 1 rings (SSSR count). The van der Waals surface area contributed by atoms with Gasteiger partial charge in [-0.05, 0) is 13.8 Å². The van der Waals surface area contributed by atoms with Gasteiger partial charge >= 0.3 is 0 Å². The molecule has 3 heteroatoms. The minimum Gasteiger partial charge on any atom is -0.339 e. The predicted molar refractivity (Wildman–Crippen MR) is 58.1 cm³/mol. The molecule has 0 aliphatic carbocycles. The maximum atomic E-state index is 12.0. The van der Waals surface area contributed by atoms with E-state index in [1.165, 1.54) is 0 Å². The number of piperazine rings is 1. The molecule has 1 aliphatic heterocycles. The summed E-state index contributed by atoms with van der Waals surface area (Å²) in [5.74, 6) is 0.262. The lowest BCUT2D eigenvalue weighted by atomic mass is 9.93. The first kappa shape index (κ1) is 11.5. The van der Waals surface area contributed by atoms with Gasteiger partial charge in [0.1, 0.15) is 0 Å². The number of amides is 1. The van der Waals surface area contributed by atoms with Gasteiger partial charge in [-0.3, -0.25) is 4.79 Å². The molecule has 0 aromatic rings. The van der Waals surface area contributed by atoms with Crippen molar-refractivity contribution >= 4 is 5.91 Å². The Balaban J connectivity index is 2.64. The van der Waals surface area contributed by atoms with Gasteiger partial charge in [-0.25, -0.2) is 0 Å². The van der Waals surface area contributed by atoms with Crippen LogP contribution in [-0.4, -0.2) is 36.0 Å². The number of nitrogens with zero attached hydrogens (tertiary/aromatic N) is 1. The zero-order valence-corrected chi connectivity index (χ0v) is 9.92. The molecule has 1 amide bonds. The van der Waals surface area contributed by atoms with E-state index in [-0.39, 0.29) is 11.3 Å². The average molecular weight is 198 g/mol. The summed E-state index contributed by atoms with van der Waals surface area (Å²) in [5, 5.41) is 3.42. The molecule has 82 valence electrons. The molecule has 0 spiro atoms. The van der Waals surface area contributed by atoms with Crippen LogP contribution in [0.4, 0.5) is 0 Å². The summed E-state index contributed by atoms with van der Waals surface area (Å²) in [6, 6.07) is 0.815. The van der Waals surface area contributed by atoms with Crippen LogP contribution in [0.25, 0.3) is 0 Å². The number of hydrogen-bond donors (Lipinski definition) is 1. The molecular weight excluding hydrogens is 176 g/mol. The van der Waals surface area contributed by atoms with Crippen LogP contribution >= 0.6 is 0 Å². The zero-order valence-electron chi connectivity index (χ0n) is 9.92. The summed E-state index contributed by atoms with van der Waals surface area (Å²) < 4.78 is 0. The Morgan fingerprint density at radius 2 is 1.64 bits per heavy atom. The van der Waals surface area contributed by atoms with E-state index in [1.807, 2.05) is 25.7 Å². The Morgan fingerprint density at radius 3 is 2.00 bits per heavy atom. The highest BCUT2D eigenvalue weighted by Crippen LogP contribution is 2.19. The lowest BCUT2D eigenvalue weighted by Crippen LogP contribution is -2.57. The molecule has 0 saturated carbocycles. The second-order valence-corrected chi connectivity index (χ2v) is 5.43. The second-order valence-electron chi connectivity index (χ2n) is 5.43. The Labute approximate surface area is 86.9 Å². The molecule has 1 aliphatic rings. The minimum atomic E-state index is -0.253. The number of hydrogen-bond acceptors (Lipinski definition) is 2. The van der Waals surface area contributed by atoms with Crippen molar-refractivity contribution in [3.05, 3.63) is 0 Å². The molecule has 2 atom stereocenters. The molecule has 0 radical (unpaired) electrons. The SMILES string of the molecule is C[C@@H]1CN(C(=O)C(C)(C)C)C[C@@H](C)N1. The fourth-order valence-electron chi connectivity index (χ4n) is 1.97. The standard InChI is InChI=1S/C11H22N2O/c1-8-6-13(7-9(2)12-8)10(14)11(3,4)5/h8-9,12H,6-7H2,1-5H3/t8-,9-/m1/s1. The third-order valence-electron chi connectivity index (χ3n) is 2.49. The molecule has 0 aromatic heterocycles. The van der Waals surface area contributed by atoms with E-state index >= 15 is 0 Å². The third kappa shape index (κ3) is 2.71. The maximum Gasteiger partial charge on any atom is 0.228 e.